The fourth-order valence-electron chi connectivity index (χ4n) is 2.92. The first-order valence-corrected chi connectivity index (χ1v) is 11.4. The van der Waals surface area contributed by atoms with E-state index in [0.29, 0.717) is 10.8 Å². The summed E-state index contributed by atoms with van der Waals surface area (Å²) in [7, 11) is -2.41. The highest BCUT2D eigenvalue weighted by Crippen LogP contribution is 2.23. The molecule has 1 amide bonds. The minimum absolute atomic E-state index is 0.0461. The van der Waals surface area contributed by atoms with Crippen LogP contribution in [0.1, 0.15) is 17.1 Å². The van der Waals surface area contributed by atoms with Crippen molar-refractivity contribution in [3.63, 3.8) is 0 Å². The topological polar surface area (TPSA) is 103 Å². The number of benzene rings is 2. The van der Waals surface area contributed by atoms with Crippen molar-refractivity contribution in [2.75, 3.05) is 7.05 Å². The summed E-state index contributed by atoms with van der Waals surface area (Å²) < 4.78 is 33.6. The van der Waals surface area contributed by atoms with Gasteiger partial charge in [-0.25, -0.2) is 8.42 Å². The first-order chi connectivity index (χ1) is 15.3. The van der Waals surface area contributed by atoms with Gasteiger partial charge in [0.05, 0.1) is 11.4 Å². The second kappa shape index (κ2) is 10.3. The highest BCUT2D eigenvalue weighted by Gasteiger charge is 2.26. The Bertz CT molecular complexity index is 1260. The average Bonchev–Trinajstić information content (AvgIpc) is 3.25. The largest absolute Gasteiger partial charge is 0.460 e. The Morgan fingerprint density at radius 3 is 2.41 bits per heavy atom. The highest BCUT2D eigenvalue weighted by molar-refractivity contribution is 7.89. The number of amides is 1. The molecule has 0 radical (unpaired) electrons. The number of furan rings is 1. The van der Waals surface area contributed by atoms with E-state index < -0.39 is 15.9 Å². The second-order valence-corrected chi connectivity index (χ2v) is 9.14. The molecule has 0 spiro atoms. The SMILES string of the molecule is CNC(=O)/C(C#N)=C\c1ccc(CN(Cc2ccc(Cl)cc2)S(=O)(=O)c2ccccc2)o1. The molecule has 0 aliphatic carbocycles. The maximum atomic E-state index is 13.3. The zero-order valence-electron chi connectivity index (χ0n) is 17.2. The summed E-state index contributed by atoms with van der Waals surface area (Å²) in [5.41, 5.74) is 0.635. The van der Waals surface area contributed by atoms with E-state index in [1.807, 2.05) is 0 Å². The third-order valence-corrected chi connectivity index (χ3v) is 6.60. The van der Waals surface area contributed by atoms with E-state index in [-0.39, 0.29) is 29.3 Å². The summed E-state index contributed by atoms with van der Waals surface area (Å²) in [4.78, 5) is 11.9. The molecule has 0 saturated carbocycles. The molecule has 0 saturated heterocycles. The lowest BCUT2D eigenvalue weighted by molar-refractivity contribution is -0.116. The van der Waals surface area contributed by atoms with Crippen molar-refractivity contribution in [3.8, 4) is 6.07 Å². The van der Waals surface area contributed by atoms with Gasteiger partial charge in [-0.2, -0.15) is 9.57 Å². The number of halogens is 1. The maximum Gasteiger partial charge on any atom is 0.261 e. The monoisotopic (exact) mass is 469 g/mol. The maximum absolute atomic E-state index is 13.3. The van der Waals surface area contributed by atoms with Crippen LogP contribution in [0.5, 0.6) is 0 Å². The molecule has 0 atom stereocenters. The molecule has 1 N–H and O–H groups in total. The zero-order valence-corrected chi connectivity index (χ0v) is 18.7. The lowest BCUT2D eigenvalue weighted by Crippen LogP contribution is -2.30. The summed E-state index contributed by atoms with van der Waals surface area (Å²) in [5.74, 6) is 0.0871. The third kappa shape index (κ3) is 5.65. The Hall–Kier alpha value is -3.38. The summed E-state index contributed by atoms with van der Waals surface area (Å²) >= 11 is 5.95. The molecular weight excluding hydrogens is 450 g/mol. The number of hydrogen-bond donors (Lipinski definition) is 1. The van der Waals surface area contributed by atoms with Gasteiger partial charge in [-0.1, -0.05) is 41.9 Å². The number of nitrogens with one attached hydrogen (secondary N) is 1. The van der Waals surface area contributed by atoms with Gasteiger partial charge in [-0.15, -0.1) is 0 Å². The van der Waals surface area contributed by atoms with Gasteiger partial charge in [0.2, 0.25) is 10.0 Å². The second-order valence-electron chi connectivity index (χ2n) is 6.77. The molecule has 0 aliphatic heterocycles. The van der Waals surface area contributed by atoms with Crippen LogP contribution in [0.4, 0.5) is 0 Å². The van der Waals surface area contributed by atoms with Crippen LogP contribution in [0.2, 0.25) is 5.02 Å². The van der Waals surface area contributed by atoms with Gasteiger partial charge < -0.3 is 9.73 Å². The predicted octanol–water partition coefficient (Wildman–Crippen LogP) is 3.98. The van der Waals surface area contributed by atoms with Gasteiger partial charge in [0.15, 0.2) is 0 Å². The Labute approximate surface area is 191 Å². The van der Waals surface area contributed by atoms with E-state index in [0.717, 1.165) is 5.56 Å². The molecule has 0 fully saturated rings. The smallest absolute Gasteiger partial charge is 0.261 e. The van der Waals surface area contributed by atoms with Crippen molar-refractivity contribution in [1.82, 2.24) is 9.62 Å². The third-order valence-electron chi connectivity index (χ3n) is 4.55. The molecule has 2 aromatic carbocycles. The number of hydrogen-bond acceptors (Lipinski definition) is 5. The molecule has 3 aromatic rings. The van der Waals surface area contributed by atoms with Gasteiger partial charge in [-0.3, -0.25) is 4.79 Å². The van der Waals surface area contributed by atoms with Gasteiger partial charge >= 0.3 is 0 Å². The molecule has 1 heterocycles. The summed E-state index contributed by atoms with van der Waals surface area (Å²) in [6, 6.07) is 20.0. The van der Waals surface area contributed by atoms with Crippen molar-refractivity contribution in [2.24, 2.45) is 0 Å². The molecule has 7 nitrogen and oxygen atoms in total. The first kappa shape index (κ1) is 23.3. The fraction of sp³-hybridized carbons (Fsp3) is 0.130. The molecule has 32 heavy (non-hydrogen) atoms. The quantitative estimate of drug-likeness (QED) is 0.397. The Morgan fingerprint density at radius 2 is 1.78 bits per heavy atom. The zero-order chi connectivity index (χ0) is 23.1. The van der Waals surface area contributed by atoms with Crippen molar-refractivity contribution in [3.05, 3.63) is 94.4 Å². The molecule has 0 unspecified atom stereocenters. The number of sulfonamides is 1. The van der Waals surface area contributed by atoms with Crippen LogP contribution in [0.25, 0.3) is 6.08 Å². The van der Waals surface area contributed by atoms with E-state index in [1.165, 1.54) is 29.6 Å². The van der Waals surface area contributed by atoms with E-state index in [1.54, 1.807) is 60.7 Å². The van der Waals surface area contributed by atoms with E-state index in [2.05, 4.69) is 5.32 Å². The van der Waals surface area contributed by atoms with Crippen molar-refractivity contribution >= 4 is 33.6 Å². The van der Waals surface area contributed by atoms with Crippen LogP contribution in [0.15, 0.2) is 81.6 Å². The molecule has 9 heteroatoms. The Balaban J connectivity index is 1.92. The summed E-state index contributed by atoms with van der Waals surface area (Å²) in [5, 5.41) is 12.1. The van der Waals surface area contributed by atoms with E-state index in [4.69, 9.17) is 21.3 Å². The van der Waals surface area contributed by atoms with Crippen LogP contribution in [0.3, 0.4) is 0 Å². The van der Waals surface area contributed by atoms with E-state index in [9.17, 15) is 13.2 Å². The van der Waals surface area contributed by atoms with Crippen LogP contribution < -0.4 is 5.32 Å². The van der Waals surface area contributed by atoms with Gasteiger partial charge in [-0.05, 0) is 42.0 Å². The number of likely N-dealkylation sites (N-methyl/N-ethyl adjacent to an activating group) is 1. The predicted molar refractivity (Wildman–Crippen MR) is 121 cm³/mol. The van der Waals surface area contributed by atoms with Crippen molar-refractivity contribution in [1.29, 1.82) is 5.26 Å². The van der Waals surface area contributed by atoms with Crippen LogP contribution in [-0.4, -0.2) is 25.7 Å². The number of carbonyl (C=O) groups is 1. The lowest BCUT2D eigenvalue weighted by Gasteiger charge is -2.21. The summed E-state index contributed by atoms with van der Waals surface area (Å²) in [6.07, 6.45) is 1.30. The Kier molecular flexibility index (Phi) is 7.49. The molecule has 3 rings (SSSR count). The van der Waals surface area contributed by atoms with Gasteiger partial charge in [0.25, 0.3) is 5.91 Å². The minimum atomic E-state index is -3.83. The van der Waals surface area contributed by atoms with Crippen molar-refractivity contribution in [2.45, 2.75) is 18.0 Å². The summed E-state index contributed by atoms with van der Waals surface area (Å²) in [6.45, 7) is 0.0531. The molecule has 0 bridgehead atoms. The Morgan fingerprint density at radius 1 is 1.09 bits per heavy atom. The molecule has 164 valence electrons. The van der Waals surface area contributed by atoms with Crippen LogP contribution in [0, 0.1) is 11.3 Å². The van der Waals surface area contributed by atoms with Crippen molar-refractivity contribution < 1.29 is 17.6 Å². The van der Waals surface area contributed by atoms with Gasteiger partial charge in [0.1, 0.15) is 23.2 Å². The minimum Gasteiger partial charge on any atom is -0.460 e. The highest BCUT2D eigenvalue weighted by atomic mass is 35.5. The number of nitriles is 1. The first-order valence-electron chi connectivity index (χ1n) is 9.55. The molecular formula is C23H20ClN3O4S. The molecule has 0 aliphatic rings. The van der Waals surface area contributed by atoms with Crippen LogP contribution >= 0.6 is 11.6 Å². The molecule has 1 aromatic heterocycles. The number of nitrogens with zero attached hydrogens (tertiary/aromatic N) is 2. The van der Waals surface area contributed by atoms with E-state index >= 15 is 0 Å². The van der Waals surface area contributed by atoms with Gasteiger partial charge in [0, 0.05) is 24.7 Å². The number of rotatable bonds is 8. The fourth-order valence-corrected chi connectivity index (χ4v) is 4.46. The number of carbonyl (C=O) groups excluding carboxylic acids is 1. The lowest BCUT2D eigenvalue weighted by atomic mass is 10.2. The standard InChI is InChI=1S/C23H20ClN3O4S/c1-26-23(28)18(14-25)13-20-11-12-21(31-20)16-27(15-17-7-9-19(24)10-8-17)32(29,30)22-5-3-2-4-6-22/h2-13H,15-16H2,1H3,(H,26,28)/b18-13-. The average molecular weight is 470 g/mol. The normalized spacial score (nSPS) is 11.9. The van der Waals surface area contributed by atoms with Crippen LogP contribution in [-0.2, 0) is 27.9 Å².